The molecule has 6 rings (SSSR count). The van der Waals surface area contributed by atoms with Gasteiger partial charge in [0.25, 0.3) is 0 Å². The summed E-state index contributed by atoms with van der Waals surface area (Å²) in [5.74, 6) is 0.664. The van der Waals surface area contributed by atoms with Gasteiger partial charge in [-0.15, -0.1) is 6.58 Å². The van der Waals surface area contributed by atoms with Crippen molar-refractivity contribution in [2.24, 2.45) is 11.3 Å². The highest BCUT2D eigenvalue weighted by Crippen LogP contribution is 2.39. The molecule has 3 heterocycles. The van der Waals surface area contributed by atoms with Crippen LogP contribution in [-0.2, 0) is 19.3 Å². The van der Waals surface area contributed by atoms with Gasteiger partial charge < -0.3 is 15.6 Å². The molecule has 4 N–H and O–H groups in total. The highest BCUT2D eigenvalue weighted by atomic mass is 15.5. The molecule has 6 heteroatoms. The summed E-state index contributed by atoms with van der Waals surface area (Å²) in [6.07, 6.45) is 17.0. The molecule has 0 amide bonds. The number of aryl methyl sites for hydroxylation is 1. The van der Waals surface area contributed by atoms with E-state index in [-0.39, 0.29) is 11.5 Å². The van der Waals surface area contributed by atoms with Crippen molar-refractivity contribution in [1.29, 1.82) is 0 Å². The molecule has 2 aromatic carbocycles. The predicted molar refractivity (Wildman–Crippen MR) is 223 cm³/mol. The maximum Gasteiger partial charge on any atom is 0.0516 e. The SMILES string of the molecule is C=CC(Cc1cccc(-c2ccc3[nH]c(-c4cccnc4CC)c(CC(C)(C)CCC)c3c2)c1)NC(=C)C(NC)C1CCCC1.CN1CCCCN1. The van der Waals surface area contributed by atoms with Gasteiger partial charge in [0.1, 0.15) is 0 Å². The molecule has 1 saturated carbocycles. The molecule has 0 radical (unpaired) electrons. The fourth-order valence-corrected chi connectivity index (χ4v) is 8.49. The number of hydrogen-bond acceptors (Lipinski definition) is 5. The minimum atomic E-state index is 0.124. The average Bonchev–Trinajstić information content (AvgIpc) is 3.80. The third-order valence-electron chi connectivity index (χ3n) is 11.2. The fourth-order valence-electron chi connectivity index (χ4n) is 8.49. The lowest BCUT2D eigenvalue weighted by Gasteiger charge is -2.28. The minimum Gasteiger partial charge on any atom is -0.381 e. The lowest BCUT2D eigenvalue weighted by atomic mass is 9.80. The number of H-pyrrole nitrogens is 1. The lowest BCUT2D eigenvalue weighted by Crippen LogP contribution is -2.42. The molecule has 0 bridgehead atoms. The molecule has 6 nitrogen and oxygen atoms in total. The number of pyridine rings is 1. The zero-order valence-corrected chi connectivity index (χ0v) is 33.1. The number of nitrogens with zero attached hydrogens (tertiary/aromatic N) is 2. The van der Waals surface area contributed by atoms with E-state index < -0.39 is 0 Å². The lowest BCUT2D eigenvalue weighted by molar-refractivity contribution is 0.194. The van der Waals surface area contributed by atoms with E-state index >= 15 is 0 Å². The molecular formula is C46H66N6. The van der Waals surface area contributed by atoms with E-state index in [1.807, 2.05) is 12.3 Å². The third-order valence-corrected chi connectivity index (χ3v) is 11.2. The summed E-state index contributed by atoms with van der Waals surface area (Å²) in [4.78, 5) is 8.56. The average molecular weight is 703 g/mol. The second-order valence-electron chi connectivity index (χ2n) is 15.9. The maximum atomic E-state index is 4.73. The number of likely N-dealkylation sites (N-methyl/N-ethyl adjacent to an activating group) is 1. The van der Waals surface area contributed by atoms with E-state index in [1.165, 1.54) is 102 Å². The predicted octanol–water partition coefficient (Wildman–Crippen LogP) is 10.0. The summed E-state index contributed by atoms with van der Waals surface area (Å²) in [5, 5.41) is 10.7. The number of aromatic nitrogens is 2. The van der Waals surface area contributed by atoms with Crippen LogP contribution in [0.1, 0.15) is 95.9 Å². The largest absolute Gasteiger partial charge is 0.381 e. The van der Waals surface area contributed by atoms with E-state index in [2.05, 4.69) is 136 Å². The van der Waals surface area contributed by atoms with Crippen molar-refractivity contribution < 1.29 is 0 Å². The Morgan fingerprint density at radius 1 is 1.04 bits per heavy atom. The van der Waals surface area contributed by atoms with Crippen molar-refractivity contribution in [3.63, 3.8) is 0 Å². The summed E-state index contributed by atoms with van der Waals surface area (Å²) in [5.41, 5.74) is 14.5. The van der Waals surface area contributed by atoms with Gasteiger partial charge in [0.05, 0.1) is 5.69 Å². The zero-order valence-electron chi connectivity index (χ0n) is 33.1. The Kier molecular flexibility index (Phi) is 14.3. The number of fused-ring (bicyclic) bond motifs is 1. The van der Waals surface area contributed by atoms with Crippen LogP contribution in [0.25, 0.3) is 33.3 Å². The van der Waals surface area contributed by atoms with Crippen molar-refractivity contribution in [2.75, 3.05) is 27.2 Å². The molecule has 52 heavy (non-hydrogen) atoms. The van der Waals surface area contributed by atoms with Crippen LogP contribution in [0.4, 0.5) is 0 Å². The molecule has 2 unspecified atom stereocenters. The van der Waals surface area contributed by atoms with Gasteiger partial charge in [-0.3, -0.25) is 10.4 Å². The Bertz CT molecular complexity index is 1740. The molecule has 4 aromatic rings. The second-order valence-corrected chi connectivity index (χ2v) is 15.9. The van der Waals surface area contributed by atoms with Crippen molar-refractivity contribution in [3.8, 4) is 22.4 Å². The molecule has 1 aliphatic heterocycles. The highest BCUT2D eigenvalue weighted by molar-refractivity contribution is 5.94. The van der Waals surface area contributed by atoms with Crippen LogP contribution in [0.15, 0.2) is 85.7 Å². The molecule has 2 aromatic heterocycles. The normalized spacial score (nSPS) is 16.7. The summed E-state index contributed by atoms with van der Waals surface area (Å²) >= 11 is 0. The monoisotopic (exact) mass is 703 g/mol. The number of hydrogen-bond donors (Lipinski definition) is 4. The topological polar surface area (TPSA) is 68.0 Å². The van der Waals surface area contributed by atoms with Crippen LogP contribution in [0.3, 0.4) is 0 Å². The van der Waals surface area contributed by atoms with Gasteiger partial charge in [0.15, 0.2) is 0 Å². The molecule has 2 aliphatic rings. The van der Waals surface area contributed by atoms with Gasteiger partial charge >= 0.3 is 0 Å². The van der Waals surface area contributed by atoms with Gasteiger partial charge in [-0.05, 0) is 116 Å². The van der Waals surface area contributed by atoms with Crippen molar-refractivity contribution in [2.45, 2.75) is 110 Å². The Morgan fingerprint density at radius 3 is 2.48 bits per heavy atom. The van der Waals surface area contributed by atoms with Crippen LogP contribution in [0, 0.1) is 11.3 Å². The Morgan fingerprint density at radius 2 is 1.83 bits per heavy atom. The second kappa shape index (κ2) is 18.9. The van der Waals surface area contributed by atoms with Crippen LogP contribution in [-0.4, -0.2) is 54.2 Å². The highest BCUT2D eigenvalue weighted by Gasteiger charge is 2.27. The number of rotatable bonds is 15. The summed E-state index contributed by atoms with van der Waals surface area (Å²) in [7, 11) is 4.14. The fraction of sp³-hybridized carbons (Fsp3) is 0.500. The number of hydrazine groups is 1. The Labute approximate surface area is 315 Å². The number of nitrogens with one attached hydrogen (secondary N) is 4. The first kappa shape index (κ1) is 39.5. The van der Waals surface area contributed by atoms with Gasteiger partial charge in [0, 0.05) is 66.3 Å². The summed E-state index contributed by atoms with van der Waals surface area (Å²) in [6.45, 7) is 20.3. The molecular weight excluding hydrogens is 637 g/mol. The van der Waals surface area contributed by atoms with Gasteiger partial charge in [-0.2, -0.15) is 0 Å². The quantitative estimate of drug-likeness (QED) is 0.0929. The molecule has 2 atom stereocenters. The van der Waals surface area contributed by atoms with Crippen molar-refractivity contribution in [3.05, 3.63) is 103 Å². The molecule has 280 valence electrons. The van der Waals surface area contributed by atoms with E-state index in [4.69, 9.17) is 4.98 Å². The molecule has 1 saturated heterocycles. The molecule has 1 aliphatic carbocycles. The van der Waals surface area contributed by atoms with E-state index in [9.17, 15) is 0 Å². The number of benzene rings is 2. The standard InChI is InChI=1S/C41H54N4.C5H12N2/c1-8-22-41(5,6)27-36-35-26-32(20-21-38(35)45-40(36)34-19-14-23-43-37(34)10-3)31-18-13-15-29(24-31)25-33(9-2)44-28(4)39(42-7)30-16-11-12-17-30;1-7-5-3-2-4-6-7/h9,13-15,18-21,23-24,26,30,33,39,42,44-45H,2,4,8,10-12,16-17,22,25,27H2,1,3,5-7H3;6H,2-5H2,1H3. The van der Waals surface area contributed by atoms with Crippen LogP contribution < -0.4 is 16.1 Å². The van der Waals surface area contributed by atoms with Crippen molar-refractivity contribution >= 4 is 10.9 Å². The van der Waals surface area contributed by atoms with Gasteiger partial charge in [-0.1, -0.05) is 89.9 Å². The molecule has 0 spiro atoms. The van der Waals surface area contributed by atoms with Gasteiger partial charge in [0.2, 0.25) is 0 Å². The minimum absolute atomic E-state index is 0.124. The maximum absolute atomic E-state index is 4.73. The van der Waals surface area contributed by atoms with Crippen LogP contribution >= 0.6 is 0 Å². The van der Waals surface area contributed by atoms with Gasteiger partial charge in [-0.25, -0.2) is 5.01 Å². The summed E-state index contributed by atoms with van der Waals surface area (Å²) in [6, 6.07) is 20.6. The first-order valence-corrected chi connectivity index (χ1v) is 20.0. The van der Waals surface area contributed by atoms with Crippen LogP contribution in [0.2, 0.25) is 0 Å². The zero-order chi connectivity index (χ0) is 37.1. The van der Waals surface area contributed by atoms with E-state index in [0.717, 1.165) is 37.2 Å². The Balaban J connectivity index is 0.000000668. The summed E-state index contributed by atoms with van der Waals surface area (Å²) < 4.78 is 0. The third kappa shape index (κ3) is 10.2. The van der Waals surface area contributed by atoms with Crippen LogP contribution in [0.5, 0.6) is 0 Å². The molecule has 2 fully saturated rings. The first-order valence-electron chi connectivity index (χ1n) is 20.0. The van der Waals surface area contributed by atoms with E-state index in [0.29, 0.717) is 12.0 Å². The number of aromatic amines is 1. The van der Waals surface area contributed by atoms with Crippen molar-refractivity contribution in [1.82, 2.24) is 31.0 Å². The first-order chi connectivity index (χ1) is 25.2. The van der Waals surface area contributed by atoms with E-state index in [1.54, 1.807) is 0 Å². The smallest absolute Gasteiger partial charge is 0.0516 e. The Hall–Kier alpha value is -3.71.